The topological polar surface area (TPSA) is 96.3 Å². The summed E-state index contributed by atoms with van der Waals surface area (Å²) in [5.41, 5.74) is 1.08. The lowest BCUT2D eigenvalue weighted by Gasteiger charge is -2.22. The van der Waals surface area contributed by atoms with Crippen molar-refractivity contribution in [3.63, 3.8) is 0 Å². The van der Waals surface area contributed by atoms with Crippen LogP contribution >= 0.6 is 11.6 Å². The molecule has 1 aliphatic heterocycles. The molecule has 1 aliphatic rings. The maximum Gasteiger partial charge on any atom is 0.287 e. The fraction of sp³-hybridized carbons (Fsp3) is 0.0556. The molecule has 0 amide bonds. The van der Waals surface area contributed by atoms with Crippen molar-refractivity contribution in [3.8, 4) is 11.1 Å². The zero-order chi connectivity index (χ0) is 19.7. The summed E-state index contributed by atoms with van der Waals surface area (Å²) < 4.78 is 42.9. The molecule has 4 rings (SSSR count). The Morgan fingerprint density at radius 1 is 1.04 bits per heavy atom. The molecule has 3 aromatic rings. The number of fused-ring (bicyclic) bond motifs is 1. The van der Waals surface area contributed by atoms with E-state index in [9.17, 15) is 12.8 Å². The highest BCUT2D eigenvalue weighted by molar-refractivity contribution is 7.90. The molecule has 0 radical (unpaired) electrons. The van der Waals surface area contributed by atoms with E-state index in [0.717, 1.165) is 0 Å². The quantitative estimate of drug-likeness (QED) is 0.679. The van der Waals surface area contributed by atoms with Crippen LogP contribution in [-0.2, 0) is 16.6 Å². The average Bonchev–Trinajstić information content (AvgIpc) is 2.69. The Morgan fingerprint density at radius 3 is 2.54 bits per heavy atom. The number of rotatable bonds is 3. The van der Waals surface area contributed by atoms with Crippen molar-refractivity contribution in [2.45, 2.75) is 11.4 Å². The van der Waals surface area contributed by atoms with Crippen LogP contribution in [-0.4, -0.2) is 24.3 Å². The Kier molecular flexibility index (Phi) is 4.70. The highest BCUT2D eigenvalue weighted by Crippen LogP contribution is 2.39. The van der Waals surface area contributed by atoms with Gasteiger partial charge < -0.3 is 10.6 Å². The van der Waals surface area contributed by atoms with Gasteiger partial charge in [-0.15, -0.1) is 4.40 Å². The fourth-order valence-corrected chi connectivity index (χ4v) is 4.13. The summed E-state index contributed by atoms with van der Waals surface area (Å²) in [5.74, 6) is -0.111. The zero-order valence-corrected chi connectivity index (χ0v) is 15.8. The first kappa shape index (κ1) is 18.3. The van der Waals surface area contributed by atoms with Crippen LogP contribution in [0.25, 0.3) is 11.1 Å². The number of para-hydroxylation sites is 1. The van der Waals surface area contributed by atoms with Crippen molar-refractivity contribution in [3.05, 3.63) is 71.5 Å². The number of halogens is 2. The molecule has 7 nitrogen and oxygen atoms in total. The first-order chi connectivity index (χ1) is 13.5. The number of sulfonamides is 1. The van der Waals surface area contributed by atoms with E-state index in [1.165, 1.54) is 18.2 Å². The van der Waals surface area contributed by atoms with Crippen molar-refractivity contribution in [1.82, 2.24) is 15.3 Å². The molecular formula is C18H13ClFN5O2S. The number of aromatic nitrogens is 2. The van der Waals surface area contributed by atoms with Gasteiger partial charge in [0.05, 0.1) is 17.3 Å². The van der Waals surface area contributed by atoms with Crippen LogP contribution in [0.4, 0.5) is 10.1 Å². The minimum absolute atomic E-state index is 0.0138. The third-order valence-electron chi connectivity index (χ3n) is 4.03. The smallest absolute Gasteiger partial charge is 0.287 e. The lowest BCUT2D eigenvalue weighted by Crippen LogP contribution is -2.35. The van der Waals surface area contributed by atoms with Crippen molar-refractivity contribution in [1.29, 1.82) is 0 Å². The van der Waals surface area contributed by atoms with Crippen LogP contribution < -0.4 is 10.6 Å². The van der Waals surface area contributed by atoms with Crippen LogP contribution in [0.5, 0.6) is 0 Å². The number of hydrogen-bond acceptors (Lipinski definition) is 6. The average molecular weight is 418 g/mol. The molecule has 0 fully saturated rings. The molecule has 0 saturated carbocycles. The second kappa shape index (κ2) is 7.17. The van der Waals surface area contributed by atoms with Crippen molar-refractivity contribution in [2.24, 2.45) is 4.40 Å². The summed E-state index contributed by atoms with van der Waals surface area (Å²) in [6, 6.07) is 10.7. The van der Waals surface area contributed by atoms with Crippen LogP contribution in [0.3, 0.4) is 0 Å². The number of benzene rings is 2. The number of nitrogens with one attached hydrogen (secondary N) is 2. The summed E-state index contributed by atoms with van der Waals surface area (Å²) in [4.78, 5) is 8.11. The van der Waals surface area contributed by atoms with Crippen LogP contribution in [0.15, 0.2) is 64.2 Å². The summed E-state index contributed by atoms with van der Waals surface area (Å²) in [6.07, 6.45) is 3.16. The zero-order valence-electron chi connectivity index (χ0n) is 14.2. The van der Waals surface area contributed by atoms with Gasteiger partial charge in [0.1, 0.15) is 16.5 Å². The minimum atomic E-state index is -3.96. The van der Waals surface area contributed by atoms with Crippen molar-refractivity contribution < 1.29 is 12.8 Å². The predicted molar refractivity (Wildman–Crippen MR) is 104 cm³/mol. The van der Waals surface area contributed by atoms with Gasteiger partial charge >= 0.3 is 0 Å². The maximum atomic E-state index is 13.9. The summed E-state index contributed by atoms with van der Waals surface area (Å²) in [7, 11) is -3.96. The molecule has 2 aromatic carbocycles. The molecule has 142 valence electrons. The Balaban J connectivity index is 1.74. The molecule has 0 unspecified atom stereocenters. The highest BCUT2D eigenvalue weighted by atomic mass is 35.5. The SMILES string of the molecule is O=S1(=O)N=C(NCc2ncccn2)Nc2c(-c3cccc(F)c3Cl)cccc21. The number of nitrogens with zero attached hydrogens (tertiary/aromatic N) is 3. The highest BCUT2D eigenvalue weighted by Gasteiger charge is 2.28. The van der Waals surface area contributed by atoms with Crippen LogP contribution in [0, 0.1) is 5.82 Å². The van der Waals surface area contributed by atoms with Gasteiger partial charge in [0, 0.05) is 23.5 Å². The van der Waals surface area contributed by atoms with E-state index in [-0.39, 0.29) is 28.1 Å². The molecule has 2 heterocycles. The van der Waals surface area contributed by atoms with E-state index in [1.807, 2.05) is 0 Å². The second-order valence-corrected chi connectivity index (χ2v) is 7.79. The standard InChI is InChI=1S/C18H13ClFN5O2S/c19-16-11(4-1-6-13(16)20)12-5-2-7-14-17(12)24-18(25-28(14,26)27)23-10-15-21-8-3-9-22-15/h1-9H,10H2,(H2,23,24,25). The Hall–Kier alpha value is -3.04. The van der Waals surface area contributed by atoms with Gasteiger partial charge in [0.15, 0.2) is 0 Å². The molecule has 2 N–H and O–H groups in total. The van der Waals surface area contributed by atoms with Gasteiger partial charge in [-0.05, 0) is 18.2 Å². The lowest BCUT2D eigenvalue weighted by atomic mass is 10.0. The number of anilines is 1. The van der Waals surface area contributed by atoms with E-state index in [2.05, 4.69) is 25.0 Å². The third kappa shape index (κ3) is 3.41. The van der Waals surface area contributed by atoms with Crippen molar-refractivity contribution >= 4 is 33.3 Å². The molecule has 1 aromatic heterocycles. The predicted octanol–water partition coefficient (Wildman–Crippen LogP) is 3.20. The third-order valence-corrected chi connectivity index (χ3v) is 5.74. The molecule has 10 heteroatoms. The monoisotopic (exact) mass is 417 g/mol. The van der Waals surface area contributed by atoms with E-state index in [4.69, 9.17) is 11.6 Å². The van der Waals surface area contributed by atoms with E-state index >= 15 is 0 Å². The molecule has 0 atom stereocenters. The van der Waals surface area contributed by atoms with Crippen LogP contribution in [0.1, 0.15) is 5.82 Å². The van der Waals surface area contributed by atoms with Gasteiger partial charge in [-0.1, -0.05) is 35.9 Å². The maximum absolute atomic E-state index is 13.9. The lowest BCUT2D eigenvalue weighted by molar-refractivity contribution is 0.597. The summed E-state index contributed by atoms with van der Waals surface area (Å²) in [6.45, 7) is 0.167. The molecule has 0 bridgehead atoms. The first-order valence-electron chi connectivity index (χ1n) is 8.15. The molecule has 28 heavy (non-hydrogen) atoms. The van der Waals surface area contributed by atoms with Gasteiger partial charge in [-0.2, -0.15) is 8.42 Å². The van der Waals surface area contributed by atoms with E-state index < -0.39 is 15.8 Å². The number of hydrogen-bond donors (Lipinski definition) is 2. The Labute approximate surface area is 165 Å². The van der Waals surface area contributed by atoms with Gasteiger partial charge in [0.25, 0.3) is 10.0 Å². The summed E-state index contributed by atoms with van der Waals surface area (Å²) >= 11 is 6.10. The molecule has 0 aliphatic carbocycles. The van der Waals surface area contributed by atoms with E-state index in [1.54, 1.807) is 36.7 Å². The molecule has 0 spiro atoms. The van der Waals surface area contributed by atoms with Crippen molar-refractivity contribution in [2.75, 3.05) is 5.32 Å². The molecule has 0 saturated heterocycles. The Bertz CT molecular complexity index is 1190. The largest absolute Gasteiger partial charge is 0.348 e. The summed E-state index contributed by atoms with van der Waals surface area (Å²) in [5, 5.41) is 5.73. The number of guanidine groups is 1. The van der Waals surface area contributed by atoms with E-state index in [0.29, 0.717) is 17.0 Å². The fourth-order valence-electron chi connectivity index (χ4n) is 2.78. The normalized spacial score (nSPS) is 14.6. The molecular weight excluding hydrogens is 405 g/mol. The van der Waals surface area contributed by atoms with Gasteiger partial charge in [0.2, 0.25) is 5.96 Å². The first-order valence-corrected chi connectivity index (χ1v) is 9.97. The second-order valence-electron chi connectivity index (χ2n) is 5.84. The minimum Gasteiger partial charge on any atom is -0.348 e. The van der Waals surface area contributed by atoms with Crippen LogP contribution in [0.2, 0.25) is 5.02 Å². The van der Waals surface area contributed by atoms with Gasteiger partial charge in [-0.3, -0.25) is 0 Å². The van der Waals surface area contributed by atoms with Gasteiger partial charge in [-0.25, -0.2) is 14.4 Å². The Morgan fingerprint density at radius 2 is 1.75 bits per heavy atom.